The van der Waals surface area contributed by atoms with Crippen molar-refractivity contribution in [2.24, 2.45) is 0 Å². The third-order valence-electron chi connectivity index (χ3n) is 4.32. The van der Waals surface area contributed by atoms with Crippen molar-refractivity contribution in [2.75, 3.05) is 0 Å². The van der Waals surface area contributed by atoms with Crippen LogP contribution in [-0.4, -0.2) is 9.91 Å². The van der Waals surface area contributed by atoms with E-state index in [2.05, 4.69) is 4.98 Å². The molecule has 7 nitrogen and oxygen atoms in total. The first kappa shape index (κ1) is 20.8. The average molecular weight is 470 g/mol. The van der Waals surface area contributed by atoms with Gasteiger partial charge in [-0.2, -0.15) is 5.26 Å². The van der Waals surface area contributed by atoms with Crippen LogP contribution in [0.3, 0.4) is 0 Å². The molecule has 0 amide bonds. The van der Waals surface area contributed by atoms with E-state index >= 15 is 0 Å². The fourth-order valence-corrected chi connectivity index (χ4v) is 4.26. The predicted octanol–water partition coefficient (Wildman–Crippen LogP) is 6.20. The number of hydrogen-bond donors (Lipinski definition) is 0. The second kappa shape index (κ2) is 8.32. The first-order valence-corrected chi connectivity index (χ1v) is 10.3. The Balaban J connectivity index is 1.79. The summed E-state index contributed by atoms with van der Waals surface area (Å²) in [4.78, 5) is 27.6. The van der Waals surface area contributed by atoms with E-state index in [9.17, 15) is 20.2 Å². The van der Waals surface area contributed by atoms with Gasteiger partial charge in [0.15, 0.2) is 5.58 Å². The van der Waals surface area contributed by atoms with Crippen LogP contribution in [0, 0.1) is 21.4 Å². The Bertz CT molecular complexity index is 1480. The normalized spacial score (nSPS) is 11.5. The Hall–Kier alpha value is -3.51. The third kappa shape index (κ3) is 4.07. The molecule has 0 unspecified atom stereocenters. The predicted molar refractivity (Wildman–Crippen MR) is 120 cm³/mol. The first-order chi connectivity index (χ1) is 14.9. The number of halogens is 2. The summed E-state index contributed by atoms with van der Waals surface area (Å²) in [5, 5.41) is 23.8. The van der Waals surface area contributed by atoms with E-state index in [1.807, 2.05) is 6.07 Å². The van der Waals surface area contributed by atoms with E-state index in [1.165, 1.54) is 24.3 Å². The molecule has 31 heavy (non-hydrogen) atoms. The van der Waals surface area contributed by atoms with Crippen molar-refractivity contribution in [3.63, 3.8) is 0 Å². The molecular weight excluding hydrogens is 461 g/mol. The fraction of sp³-hybridized carbons (Fsp3) is 0. The smallest absolute Gasteiger partial charge is 0.345 e. The van der Waals surface area contributed by atoms with Crippen molar-refractivity contribution in [2.45, 2.75) is 0 Å². The summed E-state index contributed by atoms with van der Waals surface area (Å²) < 4.78 is 5.33. The van der Waals surface area contributed by atoms with Crippen LogP contribution in [0.15, 0.2) is 57.1 Å². The number of allylic oxidation sites excluding steroid dienone is 1. The number of benzene rings is 2. The maximum Gasteiger partial charge on any atom is 0.345 e. The zero-order valence-corrected chi connectivity index (χ0v) is 17.7. The lowest BCUT2D eigenvalue weighted by Gasteiger charge is -2.02. The summed E-state index contributed by atoms with van der Waals surface area (Å²) in [6, 6.07) is 12.7. The Morgan fingerprint density at radius 3 is 2.77 bits per heavy atom. The van der Waals surface area contributed by atoms with E-state index in [1.54, 1.807) is 29.6 Å². The molecule has 0 aliphatic carbocycles. The Kier molecular flexibility index (Phi) is 5.57. The van der Waals surface area contributed by atoms with Crippen LogP contribution < -0.4 is 5.63 Å². The lowest BCUT2D eigenvalue weighted by atomic mass is 10.1. The number of nitro groups is 1. The van der Waals surface area contributed by atoms with Crippen LogP contribution in [0.25, 0.3) is 33.9 Å². The standard InChI is InChI=1S/C21H9Cl2N3O4S/c22-14-6-12-7-15(21(27)30-19(12)16(23)8-14)17-10-31-20(25-17)13(9-24)5-11-3-1-2-4-18(11)26(28)29/h1-8,10H. The molecular formula is C21H9Cl2N3O4S. The summed E-state index contributed by atoms with van der Waals surface area (Å²) in [6.45, 7) is 0. The van der Waals surface area contributed by atoms with Crippen LogP contribution in [0.4, 0.5) is 5.69 Å². The maximum atomic E-state index is 12.5. The van der Waals surface area contributed by atoms with Gasteiger partial charge in [0.25, 0.3) is 5.69 Å². The highest BCUT2D eigenvalue weighted by Gasteiger charge is 2.17. The van der Waals surface area contributed by atoms with Crippen LogP contribution >= 0.6 is 34.5 Å². The van der Waals surface area contributed by atoms with Gasteiger partial charge < -0.3 is 4.42 Å². The SMILES string of the molecule is N#CC(=Cc1ccccc1[N+](=O)[O-])c1nc(-c2cc3cc(Cl)cc(Cl)c3oc2=O)cs1. The highest BCUT2D eigenvalue weighted by Crippen LogP contribution is 2.32. The summed E-state index contributed by atoms with van der Waals surface area (Å²) in [7, 11) is 0. The van der Waals surface area contributed by atoms with Crippen molar-refractivity contribution in [1.82, 2.24) is 4.98 Å². The molecule has 152 valence electrons. The minimum atomic E-state index is -0.644. The number of thiazole rings is 1. The molecule has 0 bridgehead atoms. The van der Waals surface area contributed by atoms with E-state index in [-0.39, 0.29) is 33.0 Å². The van der Waals surface area contributed by atoms with Gasteiger partial charge in [0.05, 0.1) is 32.3 Å². The van der Waals surface area contributed by atoms with Gasteiger partial charge in [-0.25, -0.2) is 9.78 Å². The molecule has 0 spiro atoms. The van der Waals surface area contributed by atoms with E-state index in [4.69, 9.17) is 27.6 Å². The monoisotopic (exact) mass is 469 g/mol. The van der Waals surface area contributed by atoms with Gasteiger partial charge in [-0.15, -0.1) is 11.3 Å². The Morgan fingerprint density at radius 2 is 2.03 bits per heavy atom. The summed E-state index contributed by atoms with van der Waals surface area (Å²) >= 11 is 13.2. The zero-order valence-electron chi connectivity index (χ0n) is 15.3. The number of hydrogen-bond acceptors (Lipinski definition) is 7. The van der Waals surface area contributed by atoms with Crippen molar-refractivity contribution < 1.29 is 9.34 Å². The molecule has 4 rings (SSSR count). The fourth-order valence-electron chi connectivity index (χ4n) is 2.93. The van der Waals surface area contributed by atoms with Gasteiger partial charge in [0, 0.05) is 21.9 Å². The van der Waals surface area contributed by atoms with Gasteiger partial charge in [0.1, 0.15) is 11.1 Å². The average Bonchev–Trinajstić information content (AvgIpc) is 3.22. The number of fused-ring (bicyclic) bond motifs is 1. The minimum Gasteiger partial charge on any atom is -0.421 e. The number of para-hydroxylation sites is 1. The van der Waals surface area contributed by atoms with E-state index < -0.39 is 10.5 Å². The molecule has 0 saturated carbocycles. The highest BCUT2D eigenvalue weighted by atomic mass is 35.5. The summed E-state index contributed by atoms with van der Waals surface area (Å²) in [5.41, 5.74) is 0.318. The highest BCUT2D eigenvalue weighted by molar-refractivity contribution is 7.11. The molecule has 0 N–H and O–H groups in total. The number of nitriles is 1. The molecule has 10 heteroatoms. The summed E-state index contributed by atoms with van der Waals surface area (Å²) in [6.07, 6.45) is 1.39. The maximum absolute atomic E-state index is 12.5. The van der Waals surface area contributed by atoms with E-state index in [0.717, 1.165) is 11.3 Å². The van der Waals surface area contributed by atoms with Gasteiger partial charge in [0.2, 0.25) is 0 Å². The van der Waals surface area contributed by atoms with Crippen molar-refractivity contribution in [3.05, 3.63) is 89.0 Å². The van der Waals surface area contributed by atoms with Crippen LogP contribution in [-0.2, 0) is 0 Å². The second-order valence-corrected chi connectivity index (χ2v) is 7.98. The Labute approximate surface area is 188 Å². The minimum absolute atomic E-state index is 0.127. The Morgan fingerprint density at radius 1 is 1.26 bits per heavy atom. The molecule has 2 heterocycles. The largest absolute Gasteiger partial charge is 0.421 e. The topological polar surface area (TPSA) is 110 Å². The van der Waals surface area contributed by atoms with Crippen LogP contribution in [0.2, 0.25) is 10.0 Å². The number of rotatable bonds is 4. The van der Waals surface area contributed by atoms with Crippen molar-refractivity contribution in [3.8, 4) is 17.3 Å². The van der Waals surface area contributed by atoms with Gasteiger partial charge in [-0.1, -0.05) is 35.3 Å². The van der Waals surface area contributed by atoms with E-state index in [0.29, 0.717) is 21.1 Å². The molecule has 0 radical (unpaired) electrons. The van der Waals surface area contributed by atoms with Gasteiger partial charge in [-0.3, -0.25) is 10.1 Å². The molecule has 2 aromatic heterocycles. The molecule has 0 saturated heterocycles. The van der Waals surface area contributed by atoms with Crippen molar-refractivity contribution in [1.29, 1.82) is 5.26 Å². The van der Waals surface area contributed by atoms with Gasteiger partial charge >= 0.3 is 5.63 Å². The molecule has 0 aliphatic rings. The number of aromatic nitrogens is 1. The summed E-state index contributed by atoms with van der Waals surface area (Å²) in [5.74, 6) is 0. The molecule has 0 fully saturated rings. The van der Waals surface area contributed by atoms with Gasteiger partial charge in [-0.05, 0) is 30.3 Å². The number of nitro benzene ring substituents is 1. The van der Waals surface area contributed by atoms with Crippen LogP contribution in [0.5, 0.6) is 0 Å². The third-order valence-corrected chi connectivity index (χ3v) is 5.69. The zero-order chi connectivity index (χ0) is 22.1. The molecule has 0 atom stereocenters. The number of nitrogens with zero attached hydrogens (tertiary/aromatic N) is 3. The lowest BCUT2D eigenvalue weighted by molar-refractivity contribution is -0.385. The van der Waals surface area contributed by atoms with Crippen molar-refractivity contribution >= 4 is 62.8 Å². The molecule has 2 aromatic carbocycles. The second-order valence-electron chi connectivity index (χ2n) is 6.28. The quantitative estimate of drug-likeness (QED) is 0.152. The first-order valence-electron chi connectivity index (χ1n) is 8.62. The van der Waals surface area contributed by atoms with Crippen LogP contribution in [0.1, 0.15) is 10.6 Å². The molecule has 4 aromatic rings. The lowest BCUT2D eigenvalue weighted by Crippen LogP contribution is -2.03. The molecule has 0 aliphatic heterocycles.